The molecule has 12 heteroatoms. The standard InChI is InChI=1S/C27H28Cl2F2N4O3S/c1-17(32)27(36)33-10-11-39(37,38)35(24-13-22(30)12-23(31)14-24)25-15-34(16-25)26(18-2-6-20(28)7-3-18)19-4-8-21(29)9-5-19/h2-9,12-14,17,25-26H,10-11,15-16,32H2,1H3,(H,33,36)/t17-/m0/s1. The van der Waals surface area contributed by atoms with Crippen LogP contribution >= 0.6 is 23.2 Å². The van der Waals surface area contributed by atoms with E-state index in [0.717, 1.165) is 27.6 Å². The lowest BCUT2D eigenvalue weighted by molar-refractivity contribution is -0.121. The Morgan fingerprint density at radius 3 is 1.95 bits per heavy atom. The molecule has 3 aromatic carbocycles. The van der Waals surface area contributed by atoms with Crippen molar-refractivity contribution in [2.75, 3.05) is 29.7 Å². The van der Waals surface area contributed by atoms with E-state index in [1.54, 1.807) is 24.3 Å². The largest absolute Gasteiger partial charge is 0.354 e. The van der Waals surface area contributed by atoms with Crippen LogP contribution in [0, 0.1) is 11.6 Å². The van der Waals surface area contributed by atoms with Gasteiger partial charge in [-0.3, -0.25) is 14.0 Å². The molecule has 3 N–H and O–H groups in total. The van der Waals surface area contributed by atoms with Crippen LogP contribution < -0.4 is 15.4 Å². The minimum atomic E-state index is -4.10. The fourth-order valence-corrected chi connectivity index (χ4v) is 6.40. The van der Waals surface area contributed by atoms with Crippen molar-refractivity contribution in [2.45, 2.75) is 25.0 Å². The predicted octanol–water partition coefficient (Wildman–Crippen LogP) is 4.35. The average molecular weight is 598 g/mol. The zero-order valence-electron chi connectivity index (χ0n) is 21.0. The second-order valence-electron chi connectivity index (χ2n) is 9.43. The Hall–Kier alpha value is -2.76. The third kappa shape index (κ3) is 7.06. The zero-order valence-corrected chi connectivity index (χ0v) is 23.4. The van der Waals surface area contributed by atoms with E-state index in [2.05, 4.69) is 10.2 Å². The van der Waals surface area contributed by atoms with Crippen LogP contribution in [0.5, 0.6) is 0 Å². The van der Waals surface area contributed by atoms with Gasteiger partial charge in [0.2, 0.25) is 15.9 Å². The summed E-state index contributed by atoms with van der Waals surface area (Å²) < 4.78 is 56.3. The molecule has 1 amide bonds. The summed E-state index contributed by atoms with van der Waals surface area (Å²) in [5, 5.41) is 3.63. The molecule has 0 bridgehead atoms. The van der Waals surface area contributed by atoms with Gasteiger partial charge in [0.05, 0.1) is 29.6 Å². The molecule has 3 aromatic rings. The Balaban J connectivity index is 1.62. The first kappa shape index (κ1) is 29.2. The number of carbonyl (C=O) groups excluding carboxylic acids is 1. The molecule has 0 aliphatic carbocycles. The number of hydrogen-bond donors (Lipinski definition) is 2. The first-order chi connectivity index (χ1) is 18.4. The Morgan fingerprint density at radius 2 is 1.49 bits per heavy atom. The summed E-state index contributed by atoms with van der Waals surface area (Å²) in [7, 11) is -4.10. The molecule has 0 unspecified atom stereocenters. The fourth-order valence-electron chi connectivity index (χ4n) is 4.58. The van der Waals surface area contributed by atoms with Crippen LogP contribution in [0.3, 0.4) is 0 Å². The number of amides is 1. The highest BCUT2D eigenvalue weighted by atomic mass is 35.5. The van der Waals surface area contributed by atoms with Crippen LogP contribution in [-0.2, 0) is 14.8 Å². The molecule has 0 spiro atoms. The number of rotatable bonds is 10. The van der Waals surface area contributed by atoms with Crippen LogP contribution in [0.25, 0.3) is 0 Å². The molecule has 39 heavy (non-hydrogen) atoms. The van der Waals surface area contributed by atoms with Crippen LogP contribution in [0.2, 0.25) is 10.0 Å². The summed E-state index contributed by atoms with van der Waals surface area (Å²) in [6, 6.07) is 15.7. The maximum Gasteiger partial charge on any atom is 0.237 e. The molecule has 4 rings (SSSR count). The summed E-state index contributed by atoms with van der Waals surface area (Å²) in [4.78, 5) is 13.9. The number of nitrogens with two attached hydrogens (primary N) is 1. The molecule has 1 heterocycles. The maximum absolute atomic E-state index is 14.2. The van der Waals surface area contributed by atoms with Gasteiger partial charge in [0, 0.05) is 35.7 Å². The molecule has 1 fully saturated rings. The third-order valence-corrected chi connectivity index (χ3v) is 8.77. The SMILES string of the molecule is C[C@H](N)C(=O)NCCS(=O)(=O)N(c1cc(F)cc(F)c1)C1CN(C(c2ccc(Cl)cc2)c2ccc(Cl)cc2)C1. The van der Waals surface area contributed by atoms with Crippen LogP contribution in [-0.4, -0.2) is 56.7 Å². The van der Waals surface area contributed by atoms with Gasteiger partial charge in [-0.05, 0) is 54.4 Å². The van der Waals surface area contributed by atoms with E-state index in [4.69, 9.17) is 28.9 Å². The van der Waals surface area contributed by atoms with Crippen molar-refractivity contribution in [2.24, 2.45) is 5.73 Å². The zero-order chi connectivity index (χ0) is 28.3. The number of nitrogens with zero attached hydrogens (tertiary/aromatic N) is 2. The van der Waals surface area contributed by atoms with Gasteiger partial charge in [0.25, 0.3) is 0 Å². The van der Waals surface area contributed by atoms with Gasteiger partial charge >= 0.3 is 0 Å². The summed E-state index contributed by atoms with van der Waals surface area (Å²) >= 11 is 12.2. The smallest absolute Gasteiger partial charge is 0.237 e. The molecule has 0 aromatic heterocycles. The second-order valence-corrected chi connectivity index (χ2v) is 12.3. The monoisotopic (exact) mass is 596 g/mol. The van der Waals surface area contributed by atoms with Crippen molar-refractivity contribution in [3.63, 3.8) is 0 Å². The fraction of sp³-hybridized carbons (Fsp3) is 0.296. The van der Waals surface area contributed by atoms with Crippen LogP contribution in [0.4, 0.5) is 14.5 Å². The first-order valence-electron chi connectivity index (χ1n) is 12.2. The molecular formula is C27H28Cl2F2N4O3S. The lowest BCUT2D eigenvalue weighted by Crippen LogP contribution is -2.62. The van der Waals surface area contributed by atoms with E-state index in [1.807, 2.05) is 24.3 Å². The molecule has 0 radical (unpaired) electrons. The lowest BCUT2D eigenvalue weighted by Gasteiger charge is -2.49. The Morgan fingerprint density at radius 1 is 1.00 bits per heavy atom. The number of sulfonamides is 1. The molecule has 1 aliphatic heterocycles. The highest BCUT2D eigenvalue weighted by Gasteiger charge is 2.42. The topological polar surface area (TPSA) is 95.7 Å². The highest BCUT2D eigenvalue weighted by molar-refractivity contribution is 7.92. The van der Waals surface area contributed by atoms with E-state index >= 15 is 0 Å². The van der Waals surface area contributed by atoms with Crippen molar-refractivity contribution < 1.29 is 22.0 Å². The number of carbonyl (C=O) groups is 1. The minimum Gasteiger partial charge on any atom is -0.354 e. The van der Waals surface area contributed by atoms with E-state index < -0.39 is 45.4 Å². The Bertz CT molecular complexity index is 1350. The van der Waals surface area contributed by atoms with E-state index in [-0.39, 0.29) is 31.4 Å². The van der Waals surface area contributed by atoms with Crippen molar-refractivity contribution in [3.8, 4) is 0 Å². The number of halogens is 4. The van der Waals surface area contributed by atoms with Gasteiger partial charge in [-0.1, -0.05) is 47.5 Å². The maximum atomic E-state index is 14.2. The normalized spacial score (nSPS) is 15.2. The number of likely N-dealkylation sites (tertiary alicyclic amines) is 1. The molecule has 0 saturated carbocycles. The van der Waals surface area contributed by atoms with Gasteiger partial charge in [0.1, 0.15) is 11.6 Å². The number of hydrogen-bond acceptors (Lipinski definition) is 5. The van der Waals surface area contributed by atoms with E-state index in [1.165, 1.54) is 6.92 Å². The van der Waals surface area contributed by atoms with E-state index in [0.29, 0.717) is 16.1 Å². The van der Waals surface area contributed by atoms with Crippen LogP contribution in [0.15, 0.2) is 66.7 Å². The number of anilines is 1. The summed E-state index contributed by atoms with van der Waals surface area (Å²) in [5.41, 5.74) is 7.28. The highest BCUT2D eigenvalue weighted by Crippen LogP contribution is 2.37. The summed E-state index contributed by atoms with van der Waals surface area (Å²) in [6.07, 6.45) is 0. The molecule has 208 valence electrons. The van der Waals surface area contributed by atoms with Gasteiger partial charge in [0.15, 0.2) is 0 Å². The van der Waals surface area contributed by atoms with Gasteiger partial charge in [-0.15, -0.1) is 0 Å². The summed E-state index contributed by atoms with van der Waals surface area (Å²) in [5.74, 6) is -2.77. The lowest BCUT2D eigenvalue weighted by atomic mass is 9.93. The van der Waals surface area contributed by atoms with Crippen molar-refractivity contribution >= 4 is 44.8 Å². The minimum absolute atomic E-state index is 0.120. The number of nitrogens with one attached hydrogen (secondary N) is 1. The van der Waals surface area contributed by atoms with Crippen molar-refractivity contribution in [3.05, 3.63) is 99.5 Å². The van der Waals surface area contributed by atoms with Gasteiger partial charge < -0.3 is 11.1 Å². The molecular weight excluding hydrogens is 569 g/mol. The average Bonchev–Trinajstić information content (AvgIpc) is 2.83. The Labute approximate surface area is 236 Å². The molecule has 1 atom stereocenters. The quantitative estimate of drug-likeness (QED) is 0.363. The molecule has 1 saturated heterocycles. The molecule has 1 aliphatic rings. The van der Waals surface area contributed by atoms with Gasteiger partial charge in [-0.2, -0.15) is 0 Å². The van der Waals surface area contributed by atoms with Crippen molar-refractivity contribution in [1.82, 2.24) is 10.2 Å². The third-order valence-electron chi connectivity index (χ3n) is 6.43. The predicted molar refractivity (Wildman–Crippen MR) is 149 cm³/mol. The Kier molecular flexibility index (Phi) is 9.13. The van der Waals surface area contributed by atoms with Gasteiger partial charge in [-0.25, -0.2) is 17.2 Å². The number of benzene rings is 3. The van der Waals surface area contributed by atoms with E-state index in [9.17, 15) is 22.0 Å². The summed E-state index contributed by atoms with van der Waals surface area (Å²) in [6.45, 7) is 1.83. The van der Waals surface area contributed by atoms with Crippen LogP contribution in [0.1, 0.15) is 24.1 Å². The van der Waals surface area contributed by atoms with Crippen molar-refractivity contribution in [1.29, 1.82) is 0 Å². The second kappa shape index (κ2) is 12.2. The first-order valence-corrected chi connectivity index (χ1v) is 14.6. The molecule has 7 nitrogen and oxygen atoms in total.